The zero-order chi connectivity index (χ0) is 13.3. The van der Waals surface area contributed by atoms with Gasteiger partial charge in [0.1, 0.15) is 6.61 Å². The standard InChI is InChI=1S/C13H16O4/c1-6-7(2)9(4)12(13(16)17)11(8(6)3)10(15)5-14/h14H,5H2,1-4H3,(H,16,17). The van der Waals surface area contributed by atoms with Crippen molar-refractivity contribution >= 4 is 11.8 Å². The van der Waals surface area contributed by atoms with E-state index in [1.165, 1.54) is 0 Å². The molecule has 0 aliphatic heterocycles. The van der Waals surface area contributed by atoms with Crippen molar-refractivity contribution in [2.75, 3.05) is 6.61 Å². The summed E-state index contributed by atoms with van der Waals surface area (Å²) in [7, 11) is 0. The summed E-state index contributed by atoms with van der Waals surface area (Å²) in [5, 5.41) is 18.1. The number of carbonyl (C=O) groups excluding carboxylic acids is 1. The molecule has 0 saturated carbocycles. The number of Topliss-reactive ketones (excluding diaryl/α,β-unsaturated/α-hetero) is 1. The molecule has 0 unspecified atom stereocenters. The van der Waals surface area contributed by atoms with E-state index < -0.39 is 18.4 Å². The second-order valence-electron chi connectivity index (χ2n) is 4.14. The Morgan fingerprint density at radius 3 is 1.65 bits per heavy atom. The van der Waals surface area contributed by atoms with E-state index in [2.05, 4.69) is 0 Å². The van der Waals surface area contributed by atoms with Crippen molar-refractivity contribution in [2.24, 2.45) is 0 Å². The van der Waals surface area contributed by atoms with Gasteiger partial charge in [0.05, 0.1) is 5.56 Å². The molecule has 4 heteroatoms. The predicted molar refractivity (Wildman–Crippen MR) is 63.8 cm³/mol. The van der Waals surface area contributed by atoms with Crippen LogP contribution in [-0.2, 0) is 0 Å². The Bertz CT molecular complexity index is 501. The fraction of sp³-hybridized carbons (Fsp3) is 0.385. The van der Waals surface area contributed by atoms with Crippen LogP contribution >= 0.6 is 0 Å². The average Bonchev–Trinajstić information content (AvgIpc) is 2.29. The van der Waals surface area contributed by atoms with Crippen LogP contribution in [0.4, 0.5) is 0 Å². The van der Waals surface area contributed by atoms with Crippen molar-refractivity contribution in [3.05, 3.63) is 33.4 Å². The smallest absolute Gasteiger partial charge is 0.336 e. The monoisotopic (exact) mass is 236 g/mol. The number of benzene rings is 1. The summed E-state index contributed by atoms with van der Waals surface area (Å²) < 4.78 is 0. The van der Waals surface area contributed by atoms with Gasteiger partial charge in [-0.3, -0.25) is 4.79 Å². The normalized spacial score (nSPS) is 10.4. The lowest BCUT2D eigenvalue weighted by molar-refractivity contribution is 0.0689. The highest BCUT2D eigenvalue weighted by atomic mass is 16.4. The van der Waals surface area contributed by atoms with Gasteiger partial charge in [0.25, 0.3) is 0 Å². The number of aromatic carboxylic acids is 1. The summed E-state index contributed by atoms with van der Waals surface area (Å²) >= 11 is 0. The fourth-order valence-corrected chi connectivity index (χ4v) is 2.01. The minimum absolute atomic E-state index is 0.00431. The number of carbonyl (C=O) groups is 2. The van der Waals surface area contributed by atoms with E-state index in [-0.39, 0.29) is 11.1 Å². The Hall–Kier alpha value is -1.68. The molecular formula is C13H16O4. The number of carboxylic acid groups (broad SMARTS) is 1. The highest BCUT2D eigenvalue weighted by Crippen LogP contribution is 2.27. The molecular weight excluding hydrogens is 220 g/mol. The first-order valence-corrected chi connectivity index (χ1v) is 5.30. The maximum Gasteiger partial charge on any atom is 0.336 e. The van der Waals surface area contributed by atoms with Crippen molar-refractivity contribution in [3.63, 3.8) is 0 Å². The Balaban J connectivity index is 3.78. The minimum atomic E-state index is -1.13. The third-order valence-corrected chi connectivity index (χ3v) is 3.32. The van der Waals surface area contributed by atoms with Crippen LogP contribution in [-0.4, -0.2) is 28.6 Å². The van der Waals surface area contributed by atoms with Crippen LogP contribution in [0.2, 0.25) is 0 Å². The van der Waals surface area contributed by atoms with E-state index in [1.807, 2.05) is 13.8 Å². The summed E-state index contributed by atoms with van der Waals surface area (Å²) in [5.41, 5.74) is 3.10. The highest BCUT2D eigenvalue weighted by Gasteiger charge is 2.23. The predicted octanol–water partition coefficient (Wildman–Crippen LogP) is 1.79. The number of rotatable bonds is 3. The second-order valence-corrected chi connectivity index (χ2v) is 4.14. The summed E-state index contributed by atoms with van der Waals surface area (Å²) in [4.78, 5) is 22.9. The molecule has 92 valence electrons. The lowest BCUT2D eigenvalue weighted by Crippen LogP contribution is -2.17. The molecule has 1 rings (SSSR count). The van der Waals surface area contributed by atoms with Gasteiger partial charge in [0.2, 0.25) is 0 Å². The molecule has 17 heavy (non-hydrogen) atoms. The van der Waals surface area contributed by atoms with Gasteiger partial charge in [0.15, 0.2) is 5.78 Å². The molecule has 0 radical (unpaired) electrons. The summed E-state index contributed by atoms with van der Waals surface area (Å²) in [5.74, 6) is -1.68. The Kier molecular flexibility index (Phi) is 3.68. The zero-order valence-electron chi connectivity index (χ0n) is 10.4. The lowest BCUT2D eigenvalue weighted by atomic mass is 9.87. The summed E-state index contributed by atoms with van der Waals surface area (Å²) in [6.45, 7) is 6.38. The molecule has 0 amide bonds. The van der Waals surface area contributed by atoms with E-state index in [0.717, 1.165) is 11.1 Å². The maximum atomic E-state index is 11.7. The van der Waals surface area contributed by atoms with Crippen LogP contribution in [0.3, 0.4) is 0 Å². The summed E-state index contributed by atoms with van der Waals surface area (Å²) in [6.07, 6.45) is 0. The van der Waals surface area contributed by atoms with E-state index in [9.17, 15) is 14.7 Å². The summed E-state index contributed by atoms with van der Waals surface area (Å²) in [6, 6.07) is 0. The van der Waals surface area contributed by atoms with Crippen molar-refractivity contribution in [2.45, 2.75) is 27.7 Å². The Morgan fingerprint density at radius 1 is 0.882 bits per heavy atom. The largest absolute Gasteiger partial charge is 0.478 e. The molecule has 1 aromatic rings. The van der Waals surface area contributed by atoms with Crippen LogP contribution in [0, 0.1) is 27.7 Å². The van der Waals surface area contributed by atoms with E-state index >= 15 is 0 Å². The van der Waals surface area contributed by atoms with Crippen LogP contribution in [0.5, 0.6) is 0 Å². The Morgan fingerprint density at radius 2 is 1.29 bits per heavy atom. The zero-order valence-corrected chi connectivity index (χ0v) is 10.4. The molecule has 4 nitrogen and oxygen atoms in total. The molecule has 0 bridgehead atoms. The first-order chi connectivity index (χ1) is 7.82. The number of aliphatic hydroxyl groups excluding tert-OH is 1. The molecule has 0 saturated heterocycles. The third kappa shape index (κ3) is 2.08. The van der Waals surface area contributed by atoms with Gasteiger partial charge in [-0.25, -0.2) is 4.79 Å². The number of carboxylic acids is 1. The van der Waals surface area contributed by atoms with Crippen LogP contribution < -0.4 is 0 Å². The molecule has 0 fully saturated rings. The fourth-order valence-electron chi connectivity index (χ4n) is 2.01. The number of hydrogen-bond donors (Lipinski definition) is 2. The number of ketones is 1. The molecule has 0 atom stereocenters. The van der Waals surface area contributed by atoms with Gasteiger partial charge in [-0.15, -0.1) is 0 Å². The topological polar surface area (TPSA) is 74.6 Å². The van der Waals surface area contributed by atoms with Crippen molar-refractivity contribution < 1.29 is 19.8 Å². The average molecular weight is 236 g/mol. The van der Waals surface area contributed by atoms with Gasteiger partial charge in [0, 0.05) is 5.56 Å². The molecule has 0 spiro atoms. The van der Waals surface area contributed by atoms with Gasteiger partial charge < -0.3 is 10.2 Å². The number of hydrogen-bond acceptors (Lipinski definition) is 3. The van der Waals surface area contributed by atoms with Gasteiger partial charge in [-0.05, 0) is 49.9 Å². The first-order valence-electron chi connectivity index (χ1n) is 5.30. The molecule has 0 heterocycles. The molecule has 0 aliphatic carbocycles. The van der Waals surface area contributed by atoms with E-state index in [0.29, 0.717) is 11.1 Å². The third-order valence-electron chi connectivity index (χ3n) is 3.32. The molecule has 1 aromatic carbocycles. The Labute approximate surface area is 99.9 Å². The lowest BCUT2D eigenvalue weighted by Gasteiger charge is -2.17. The SMILES string of the molecule is Cc1c(C)c(C)c(C(=O)CO)c(C(=O)O)c1C. The van der Waals surface area contributed by atoms with Gasteiger partial charge in [-0.2, -0.15) is 0 Å². The molecule has 0 aromatic heterocycles. The minimum Gasteiger partial charge on any atom is -0.478 e. The van der Waals surface area contributed by atoms with E-state index in [4.69, 9.17) is 5.11 Å². The van der Waals surface area contributed by atoms with Crippen molar-refractivity contribution in [1.29, 1.82) is 0 Å². The molecule has 0 aliphatic rings. The number of aliphatic hydroxyl groups is 1. The quantitative estimate of drug-likeness (QED) is 0.785. The molecule has 2 N–H and O–H groups in total. The first kappa shape index (κ1) is 13.4. The van der Waals surface area contributed by atoms with E-state index in [1.54, 1.807) is 13.8 Å². The van der Waals surface area contributed by atoms with Crippen LogP contribution in [0.15, 0.2) is 0 Å². The maximum absolute atomic E-state index is 11.7. The van der Waals surface area contributed by atoms with Crippen molar-refractivity contribution in [3.8, 4) is 0 Å². The highest BCUT2D eigenvalue weighted by molar-refractivity contribution is 6.08. The van der Waals surface area contributed by atoms with Gasteiger partial charge in [-0.1, -0.05) is 0 Å². The van der Waals surface area contributed by atoms with Crippen LogP contribution in [0.25, 0.3) is 0 Å². The van der Waals surface area contributed by atoms with Crippen LogP contribution in [0.1, 0.15) is 43.0 Å². The van der Waals surface area contributed by atoms with Gasteiger partial charge >= 0.3 is 5.97 Å². The van der Waals surface area contributed by atoms with Crippen molar-refractivity contribution in [1.82, 2.24) is 0 Å². The second kappa shape index (κ2) is 4.67.